The molecule has 0 aromatic heterocycles. The summed E-state index contributed by atoms with van der Waals surface area (Å²) in [7, 11) is 1.40. The highest BCUT2D eigenvalue weighted by molar-refractivity contribution is 5.68. The molecule has 0 bridgehead atoms. The van der Waals surface area contributed by atoms with Gasteiger partial charge in [-0.25, -0.2) is 0 Å². The fourth-order valence-corrected chi connectivity index (χ4v) is 0.660. The van der Waals surface area contributed by atoms with E-state index in [1.54, 1.807) is 0 Å². The quantitative estimate of drug-likeness (QED) is 0.598. The Morgan fingerprint density at radius 3 is 2.25 bits per heavy atom. The number of hydrogen-bond donors (Lipinski definition) is 0. The molecule has 0 aliphatic carbocycles. The molecule has 1 rings (SSSR count). The molecule has 1 atom stereocenters. The predicted octanol–water partition coefficient (Wildman–Crippen LogP) is 1.75. The molecule has 1 aliphatic heterocycles. The summed E-state index contributed by atoms with van der Waals surface area (Å²) >= 11 is 0. The van der Waals surface area contributed by atoms with Crippen LogP contribution in [0.4, 0.5) is 0 Å². The topological polar surface area (TPSA) is 35.5 Å². The van der Waals surface area contributed by atoms with E-state index >= 15 is 0 Å². The van der Waals surface area contributed by atoms with Crippen molar-refractivity contribution in [1.29, 1.82) is 0 Å². The first-order valence-electron chi connectivity index (χ1n) is 4.39. The van der Waals surface area contributed by atoms with Gasteiger partial charge in [-0.05, 0) is 19.8 Å². The van der Waals surface area contributed by atoms with E-state index in [4.69, 9.17) is 4.74 Å². The molecule has 0 radical (unpaired) electrons. The molecule has 0 amide bonds. The summed E-state index contributed by atoms with van der Waals surface area (Å²) in [6, 6.07) is 0. The maximum absolute atomic E-state index is 10.2. The molecule has 3 heteroatoms. The zero-order valence-corrected chi connectivity index (χ0v) is 8.13. The number of carbonyl (C=O) groups is 1. The minimum absolute atomic E-state index is 0.123. The molecule has 3 nitrogen and oxygen atoms in total. The number of hydrogen-bond acceptors (Lipinski definition) is 3. The van der Waals surface area contributed by atoms with Crippen molar-refractivity contribution in [2.45, 2.75) is 39.2 Å². The van der Waals surface area contributed by atoms with Gasteiger partial charge in [0.15, 0.2) is 0 Å². The van der Waals surface area contributed by atoms with Gasteiger partial charge in [-0.3, -0.25) is 4.79 Å². The number of methoxy groups -OCH3 is 1. The van der Waals surface area contributed by atoms with Gasteiger partial charge in [0, 0.05) is 13.0 Å². The fraction of sp³-hybridized carbons (Fsp3) is 0.889. The standard InChI is InChI=1S/C5H10O2.C4H8O/c1-3-4-5(6)7-2;1-4-2-3-5-4/h3-4H2,1-2H3;4H,2-3H2,1H3. The minimum Gasteiger partial charge on any atom is -0.469 e. The molecule has 72 valence electrons. The Bertz CT molecular complexity index is 119. The molecule has 0 saturated carbocycles. The number of carbonyl (C=O) groups excluding carboxylic acids is 1. The van der Waals surface area contributed by atoms with Crippen molar-refractivity contribution < 1.29 is 14.3 Å². The van der Waals surface area contributed by atoms with Crippen LogP contribution in [0.1, 0.15) is 33.1 Å². The van der Waals surface area contributed by atoms with Gasteiger partial charge < -0.3 is 9.47 Å². The van der Waals surface area contributed by atoms with Crippen molar-refractivity contribution in [3.63, 3.8) is 0 Å². The second-order valence-corrected chi connectivity index (χ2v) is 2.80. The highest BCUT2D eigenvalue weighted by atomic mass is 16.5. The van der Waals surface area contributed by atoms with Gasteiger partial charge in [-0.2, -0.15) is 0 Å². The smallest absolute Gasteiger partial charge is 0.305 e. The Kier molecular flexibility index (Phi) is 6.76. The third kappa shape index (κ3) is 6.16. The van der Waals surface area contributed by atoms with Crippen LogP contribution >= 0.6 is 0 Å². The summed E-state index contributed by atoms with van der Waals surface area (Å²) in [5, 5.41) is 0. The second kappa shape index (κ2) is 7.10. The molecule has 0 spiro atoms. The maximum atomic E-state index is 10.2. The molecule has 1 saturated heterocycles. The SMILES string of the molecule is CC1CCO1.CCCC(=O)OC. The Hall–Kier alpha value is -0.570. The van der Waals surface area contributed by atoms with E-state index < -0.39 is 0 Å². The van der Waals surface area contributed by atoms with E-state index in [2.05, 4.69) is 11.7 Å². The van der Waals surface area contributed by atoms with Gasteiger partial charge in [0.05, 0.1) is 13.2 Å². The molecule has 1 unspecified atom stereocenters. The van der Waals surface area contributed by atoms with Crippen LogP contribution in [0.2, 0.25) is 0 Å². The van der Waals surface area contributed by atoms with E-state index in [0.717, 1.165) is 13.0 Å². The van der Waals surface area contributed by atoms with Crippen molar-refractivity contribution in [3.8, 4) is 0 Å². The maximum Gasteiger partial charge on any atom is 0.305 e. The lowest BCUT2D eigenvalue weighted by molar-refractivity contribution is -0.140. The van der Waals surface area contributed by atoms with Crippen molar-refractivity contribution in [2.24, 2.45) is 0 Å². The Labute approximate surface area is 74.0 Å². The summed E-state index contributed by atoms with van der Waals surface area (Å²) in [6.07, 6.45) is 3.23. The number of rotatable bonds is 2. The Balaban J connectivity index is 0.000000211. The van der Waals surface area contributed by atoms with Crippen LogP contribution in [0, 0.1) is 0 Å². The van der Waals surface area contributed by atoms with E-state index in [9.17, 15) is 4.79 Å². The van der Waals surface area contributed by atoms with E-state index in [0.29, 0.717) is 12.5 Å². The average molecular weight is 174 g/mol. The average Bonchev–Trinajstić information content (AvgIpc) is 2.02. The van der Waals surface area contributed by atoms with Gasteiger partial charge in [-0.1, -0.05) is 6.92 Å². The van der Waals surface area contributed by atoms with Gasteiger partial charge in [0.1, 0.15) is 0 Å². The summed E-state index contributed by atoms with van der Waals surface area (Å²) in [4.78, 5) is 10.2. The lowest BCUT2D eigenvalue weighted by Gasteiger charge is -2.20. The van der Waals surface area contributed by atoms with Crippen molar-refractivity contribution in [1.82, 2.24) is 0 Å². The summed E-state index contributed by atoms with van der Waals surface area (Å²) in [5.41, 5.74) is 0. The Morgan fingerprint density at radius 1 is 1.67 bits per heavy atom. The molecule has 1 heterocycles. The lowest BCUT2D eigenvalue weighted by Crippen LogP contribution is -2.22. The second-order valence-electron chi connectivity index (χ2n) is 2.80. The molecule has 0 N–H and O–H groups in total. The van der Waals surface area contributed by atoms with Gasteiger partial charge in [0.25, 0.3) is 0 Å². The third-order valence-electron chi connectivity index (χ3n) is 1.61. The molecular formula is C9H18O3. The highest BCUT2D eigenvalue weighted by Gasteiger charge is 2.09. The summed E-state index contributed by atoms with van der Waals surface area (Å²) < 4.78 is 9.28. The largest absolute Gasteiger partial charge is 0.469 e. The van der Waals surface area contributed by atoms with Crippen LogP contribution in [0.3, 0.4) is 0 Å². The molecule has 0 aromatic carbocycles. The van der Waals surface area contributed by atoms with Crippen LogP contribution < -0.4 is 0 Å². The van der Waals surface area contributed by atoms with Crippen LogP contribution in [-0.4, -0.2) is 25.8 Å². The first-order valence-corrected chi connectivity index (χ1v) is 4.39. The van der Waals surface area contributed by atoms with Crippen molar-refractivity contribution in [3.05, 3.63) is 0 Å². The van der Waals surface area contributed by atoms with E-state index in [1.165, 1.54) is 13.5 Å². The molecular weight excluding hydrogens is 156 g/mol. The van der Waals surface area contributed by atoms with E-state index in [-0.39, 0.29) is 5.97 Å². The van der Waals surface area contributed by atoms with Crippen molar-refractivity contribution >= 4 is 5.97 Å². The number of esters is 1. The van der Waals surface area contributed by atoms with Crippen LogP contribution in [0.25, 0.3) is 0 Å². The molecule has 12 heavy (non-hydrogen) atoms. The molecule has 1 fully saturated rings. The van der Waals surface area contributed by atoms with Gasteiger partial charge in [-0.15, -0.1) is 0 Å². The normalized spacial score (nSPS) is 20.1. The van der Waals surface area contributed by atoms with Gasteiger partial charge >= 0.3 is 5.97 Å². The van der Waals surface area contributed by atoms with Crippen LogP contribution in [0.5, 0.6) is 0 Å². The summed E-state index contributed by atoms with van der Waals surface area (Å²) in [6.45, 7) is 5.02. The first-order chi connectivity index (χ1) is 5.70. The fourth-order valence-electron chi connectivity index (χ4n) is 0.660. The van der Waals surface area contributed by atoms with Crippen LogP contribution in [0.15, 0.2) is 0 Å². The third-order valence-corrected chi connectivity index (χ3v) is 1.61. The zero-order chi connectivity index (χ0) is 9.40. The van der Waals surface area contributed by atoms with Crippen molar-refractivity contribution in [2.75, 3.05) is 13.7 Å². The van der Waals surface area contributed by atoms with E-state index in [1.807, 2.05) is 6.92 Å². The predicted molar refractivity (Wildman–Crippen MR) is 47.0 cm³/mol. The minimum atomic E-state index is -0.123. The summed E-state index contributed by atoms with van der Waals surface area (Å²) in [5.74, 6) is -0.123. The number of ether oxygens (including phenoxy) is 2. The zero-order valence-electron chi connectivity index (χ0n) is 8.13. The van der Waals surface area contributed by atoms with Crippen LogP contribution in [-0.2, 0) is 14.3 Å². The monoisotopic (exact) mass is 174 g/mol. The first kappa shape index (κ1) is 11.4. The highest BCUT2D eigenvalue weighted by Crippen LogP contribution is 2.07. The lowest BCUT2D eigenvalue weighted by atomic mass is 10.2. The Morgan fingerprint density at radius 2 is 2.17 bits per heavy atom. The van der Waals surface area contributed by atoms with Gasteiger partial charge in [0.2, 0.25) is 0 Å². The molecule has 1 aliphatic rings. The molecule has 0 aromatic rings.